The van der Waals surface area contributed by atoms with Crippen molar-refractivity contribution in [1.82, 2.24) is 15.1 Å². The summed E-state index contributed by atoms with van der Waals surface area (Å²) < 4.78 is 1.71. The SMILES string of the molecule is NC1CCC(CNC(=O)c2cnn(-c3ccccc3)c2)C1. The molecule has 3 N–H and O–H groups in total. The fourth-order valence-corrected chi connectivity index (χ4v) is 2.80. The zero-order valence-electron chi connectivity index (χ0n) is 11.9. The topological polar surface area (TPSA) is 72.9 Å². The molecule has 5 nitrogen and oxygen atoms in total. The summed E-state index contributed by atoms with van der Waals surface area (Å²) in [5.41, 5.74) is 7.41. The molecule has 21 heavy (non-hydrogen) atoms. The smallest absolute Gasteiger partial charge is 0.254 e. The van der Waals surface area contributed by atoms with Crippen LogP contribution in [0.25, 0.3) is 5.69 Å². The molecule has 0 radical (unpaired) electrons. The number of carbonyl (C=O) groups is 1. The highest BCUT2D eigenvalue weighted by Gasteiger charge is 2.22. The summed E-state index contributed by atoms with van der Waals surface area (Å²) in [6, 6.07) is 10.0. The standard InChI is InChI=1S/C16H20N4O/c17-14-7-6-12(8-14)9-18-16(21)13-10-19-20(11-13)15-4-2-1-3-5-15/h1-5,10-12,14H,6-9,17H2,(H,18,21). The van der Waals surface area contributed by atoms with E-state index in [1.54, 1.807) is 17.1 Å². The Hall–Kier alpha value is -2.14. The molecular weight excluding hydrogens is 264 g/mol. The van der Waals surface area contributed by atoms with Gasteiger partial charge in [-0.1, -0.05) is 18.2 Å². The highest BCUT2D eigenvalue weighted by molar-refractivity contribution is 5.93. The van der Waals surface area contributed by atoms with E-state index < -0.39 is 0 Å². The molecule has 0 spiro atoms. The first-order chi connectivity index (χ1) is 10.2. The summed E-state index contributed by atoms with van der Waals surface area (Å²) in [5, 5.41) is 7.21. The van der Waals surface area contributed by atoms with Crippen LogP contribution in [0.2, 0.25) is 0 Å². The molecule has 5 heteroatoms. The molecular formula is C16H20N4O. The second-order valence-electron chi connectivity index (χ2n) is 5.66. The van der Waals surface area contributed by atoms with Crippen molar-refractivity contribution in [2.24, 2.45) is 11.7 Å². The van der Waals surface area contributed by atoms with Gasteiger partial charge in [-0.05, 0) is 37.3 Å². The van der Waals surface area contributed by atoms with Crippen molar-refractivity contribution in [3.63, 3.8) is 0 Å². The molecule has 1 aliphatic carbocycles. The molecule has 110 valence electrons. The quantitative estimate of drug-likeness (QED) is 0.898. The van der Waals surface area contributed by atoms with Crippen LogP contribution in [0.3, 0.4) is 0 Å². The van der Waals surface area contributed by atoms with E-state index in [9.17, 15) is 4.79 Å². The van der Waals surface area contributed by atoms with E-state index in [2.05, 4.69) is 10.4 Å². The lowest BCUT2D eigenvalue weighted by Gasteiger charge is -2.10. The van der Waals surface area contributed by atoms with Crippen LogP contribution in [0.4, 0.5) is 0 Å². The Morgan fingerprint density at radius 1 is 1.33 bits per heavy atom. The van der Waals surface area contributed by atoms with E-state index in [-0.39, 0.29) is 5.91 Å². The number of nitrogens with one attached hydrogen (secondary N) is 1. The lowest BCUT2D eigenvalue weighted by Crippen LogP contribution is -2.28. The number of amides is 1. The third kappa shape index (κ3) is 3.31. The van der Waals surface area contributed by atoms with Gasteiger partial charge in [0.05, 0.1) is 17.4 Å². The van der Waals surface area contributed by atoms with Crippen molar-refractivity contribution in [2.75, 3.05) is 6.54 Å². The molecule has 1 aromatic carbocycles. The largest absolute Gasteiger partial charge is 0.352 e. The molecule has 1 aliphatic rings. The van der Waals surface area contributed by atoms with Crippen LogP contribution in [0.15, 0.2) is 42.7 Å². The van der Waals surface area contributed by atoms with E-state index in [1.807, 2.05) is 30.3 Å². The zero-order valence-corrected chi connectivity index (χ0v) is 11.9. The Labute approximate surface area is 124 Å². The summed E-state index contributed by atoms with van der Waals surface area (Å²) in [5.74, 6) is 0.436. The van der Waals surface area contributed by atoms with Crippen LogP contribution in [0.1, 0.15) is 29.6 Å². The molecule has 2 atom stereocenters. The van der Waals surface area contributed by atoms with Crippen LogP contribution < -0.4 is 11.1 Å². The fraction of sp³-hybridized carbons (Fsp3) is 0.375. The number of carbonyl (C=O) groups excluding carboxylic acids is 1. The van der Waals surface area contributed by atoms with Gasteiger partial charge >= 0.3 is 0 Å². The summed E-state index contributed by atoms with van der Waals surface area (Å²) >= 11 is 0. The maximum atomic E-state index is 12.1. The normalized spacial score (nSPS) is 21.4. The first-order valence-corrected chi connectivity index (χ1v) is 7.36. The van der Waals surface area contributed by atoms with Crippen molar-refractivity contribution in [2.45, 2.75) is 25.3 Å². The maximum absolute atomic E-state index is 12.1. The number of nitrogens with two attached hydrogens (primary N) is 1. The molecule has 1 fully saturated rings. The van der Waals surface area contributed by atoms with Crippen LogP contribution >= 0.6 is 0 Å². The number of rotatable bonds is 4. The predicted octanol–water partition coefficient (Wildman–Crippen LogP) is 1.73. The molecule has 3 rings (SSSR count). The number of hydrogen-bond donors (Lipinski definition) is 2. The number of aromatic nitrogens is 2. The summed E-state index contributed by atoms with van der Waals surface area (Å²) in [7, 11) is 0. The van der Waals surface area contributed by atoms with Gasteiger partial charge in [-0.2, -0.15) is 5.10 Å². The van der Waals surface area contributed by atoms with Crippen LogP contribution in [-0.4, -0.2) is 28.3 Å². The molecule has 2 unspecified atom stereocenters. The average Bonchev–Trinajstić information content (AvgIpc) is 3.15. The van der Waals surface area contributed by atoms with Gasteiger partial charge in [0.1, 0.15) is 0 Å². The van der Waals surface area contributed by atoms with Crippen LogP contribution in [0.5, 0.6) is 0 Å². The summed E-state index contributed by atoms with van der Waals surface area (Å²) in [6.07, 6.45) is 6.52. The van der Waals surface area contributed by atoms with Gasteiger partial charge in [-0.15, -0.1) is 0 Å². The van der Waals surface area contributed by atoms with Crippen molar-refractivity contribution in [3.8, 4) is 5.69 Å². The molecule has 0 aliphatic heterocycles. The predicted molar refractivity (Wildman–Crippen MR) is 81.2 cm³/mol. The van der Waals surface area contributed by atoms with Gasteiger partial charge < -0.3 is 11.1 Å². The van der Waals surface area contributed by atoms with Gasteiger partial charge in [-0.25, -0.2) is 4.68 Å². The Balaban J connectivity index is 1.59. The van der Waals surface area contributed by atoms with Gasteiger partial charge in [0, 0.05) is 18.8 Å². The number of hydrogen-bond acceptors (Lipinski definition) is 3. The Morgan fingerprint density at radius 3 is 2.86 bits per heavy atom. The van der Waals surface area contributed by atoms with E-state index in [1.165, 1.54) is 0 Å². The minimum Gasteiger partial charge on any atom is -0.352 e. The zero-order chi connectivity index (χ0) is 14.7. The molecule has 0 bridgehead atoms. The fourth-order valence-electron chi connectivity index (χ4n) is 2.80. The minimum atomic E-state index is -0.0716. The second kappa shape index (κ2) is 6.10. The number of benzene rings is 1. The second-order valence-corrected chi connectivity index (χ2v) is 5.66. The van der Waals surface area contributed by atoms with Crippen molar-refractivity contribution < 1.29 is 4.79 Å². The monoisotopic (exact) mass is 284 g/mol. The highest BCUT2D eigenvalue weighted by Crippen LogP contribution is 2.23. The van der Waals surface area contributed by atoms with Crippen LogP contribution in [-0.2, 0) is 0 Å². The highest BCUT2D eigenvalue weighted by atomic mass is 16.1. The van der Waals surface area contributed by atoms with E-state index >= 15 is 0 Å². The Morgan fingerprint density at radius 2 is 2.14 bits per heavy atom. The lowest BCUT2D eigenvalue weighted by molar-refractivity contribution is 0.0947. The van der Waals surface area contributed by atoms with Gasteiger partial charge in [0.15, 0.2) is 0 Å². The lowest BCUT2D eigenvalue weighted by atomic mass is 10.1. The maximum Gasteiger partial charge on any atom is 0.254 e. The average molecular weight is 284 g/mol. The molecule has 0 saturated heterocycles. The molecule has 2 aromatic rings. The Bertz CT molecular complexity index is 608. The van der Waals surface area contributed by atoms with Gasteiger partial charge in [-0.3, -0.25) is 4.79 Å². The van der Waals surface area contributed by atoms with E-state index in [0.29, 0.717) is 24.1 Å². The van der Waals surface area contributed by atoms with Crippen molar-refractivity contribution in [3.05, 3.63) is 48.3 Å². The Kier molecular flexibility index (Phi) is 4.01. The number of nitrogens with zero attached hydrogens (tertiary/aromatic N) is 2. The molecule has 1 heterocycles. The molecule has 1 aromatic heterocycles. The summed E-state index contributed by atoms with van der Waals surface area (Å²) in [4.78, 5) is 12.1. The first-order valence-electron chi connectivity index (χ1n) is 7.36. The molecule has 1 saturated carbocycles. The minimum absolute atomic E-state index is 0.0716. The van der Waals surface area contributed by atoms with Crippen molar-refractivity contribution >= 4 is 5.91 Å². The van der Waals surface area contributed by atoms with E-state index in [4.69, 9.17) is 5.73 Å². The van der Waals surface area contributed by atoms with Gasteiger partial charge in [0.25, 0.3) is 5.91 Å². The first kappa shape index (κ1) is 13.8. The van der Waals surface area contributed by atoms with Crippen molar-refractivity contribution in [1.29, 1.82) is 0 Å². The number of para-hydroxylation sites is 1. The third-order valence-electron chi connectivity index (χ3n) is 4.00. The third-order valence-corrected chi connectivity index (χ3v) is 4.00. The van der Waals surface area contributed by atoms with Gasteiger partial charge in [0.2, 0.25) is 0 Å². The van der Waals surface area contributed by atoms with E-state index in [0.717, 1.165) is 24.9 Å². The molecule has 1 amide bonds. The van der Waals surface area contributed by atoms with Crippen LogP contribution in [0, 0.1) is 5.92 Å². The summed E-state index contributed by atoms with van der Waals surface area (Å²) in [6.45, 7) is 0.697.